The third-order valence-corrected chi connectivity index (χ3v) is 2.20. The van der Waals surface area contributed by atoms with Crippen molar-refractivity contribution in [3.63, 3.8) is 0 Å². The molecule has 0 amide bonds. The van der Waals surface area contributed by atoms with Gasteiger partial charge in [0.2, 0.25) is 0 Å². The van der Waals surface area contributed by atoms with Crippen LogP contribution in [0.4, 0.5) is 0 Å². The van der Waals surface area contributed by atoms with Crippen LogP contribution in [0.3, 0.4) is 0 Å². The van der Waals surface area contributed by atoms with Gasteiger partial charge in [-0.05, 0) is 5.41 Å². The van der Waals surface area contributed by atoms with Crippen LogP contribution in [0.25, 0.3) is 0 Å². The first-order valence-corrected chi connectivity index (χ1v) is 5.77. The van der Waals surface area contributed by atoms with E-state index in [2.05, 4.69) is 58.8 Å². The highest BCUT2D eigenvalue weighted by Gasteiger charge is 2.14. The van der Waals surface area contributed by atoms with E-state index in [1.165, 1.54) is 0 Å². The van der Waals surface area contributed by atoms with Gasteiger partial charge in [-0.1, -0.05) is 48.1 Å². The Labute approximate surface area is 95.5 Å². The molecular formula is C13H28N2. The predicted octanol–water partition coefficient (Wildman–Crippen LogP) is 2.77. The molecule has 0 spiro atoms. The first-order valence-electron chi connectivity index (χ1n) is 5.77. The van der Waals surface area contributed by atoms with Crippen LogP contribution in [0.2, 0.25) is 0 Å². The van der Waals surface area contributed by atoms with Crippen LogP contribution in [-0.4, -0.2) is 19.6 Å². The van der Waals surface area contributed by atoms with Crippen molar-refractivity contribution < 1.29 is 0 Å². The van der Waals surface area contributed by atoms with Crippen molar-refractivity contribution in [3.8, 4) is 0 Å². The van der Waals surface area contributed by atoms with Gasteiger partial charge in [-0.2, -0.15) is 0 Å². The second-order valence-corrected chi connectivity index (χ2v) is 6.39. The Morgan fingerprint density at radius 2 is 1.53 bits per heavy atom. The van der Waals surface area contributed by atoms with Gasteiger partial charge in [0.1, 0.15) is 0 Å². The first-order chi connectivity index (χ1) is 6.63. The molecule has 0 radical (unpaired) electrons. The molecule has 2 heteroatoms. The third kappa shape index (κ3) is 8.49. The van der Waals surface area contributed by atoms with E-state index in [4.69, 9.17) is 0 Å². The van der Waals surface area contributed by atoms with E-state index in [0.29, 0.717) is 5.41 Å². The number of nitrogens with one attached hydrogen (secondary N) is 2. The molecule has 2 nitrogen and oxygen atoms in total. The van der Waals surface area contributed by atoms with Gasteiger partial charge >= 0.3 is 0 Å². The predicted molar refractivity (Wildman–Crippen MR) is 68.9 cm³/mol. The Bertz CT molecular complexity index is 194. The average molecular weight is 212 g/mol. The highest BCUT2D eigenvalue weighted by Crippen LogP contribution is 2.20. The molecule has 0 aromatic rings. The molecule has 15 heavy (non-hydrogen) atoms. The van der Waals surface area contributed by atoms with Gasteiger partial charge < -0.3 is 10.6 Å². The van der Waals surface area contributed by atoms with Crippen molar-refractivity contribution in [1.29, 1.82) is 0 Å². The lowest BCUT2D eigenvalue weighted by Crippen LogP contribution is -2.34. The van der Waals surface area contributed by atoms with Crippen molar-refractivity contribution in [2.24, 2.45) is 10.8 Å². The van der Waals surface area contributed by atoms with Crippen molar-refractivity contribution >= 4 is 0 Å². The molecule has 0 rings (SSSR count). The Kier molecular flexibility index (Phi) is 5.36. The second kappa shape index (κ2) is 5.55. The van der Waals surface area contributed by atoms with Crippen molar-refractivity contribution in [3.05, 3.63) is 12.3 Å². The summed E-state index contributed by atoms with van der Waals surface area (Å²) in [5.41, 5.74) is 1.63. The largest absolute Gasteiger partial charge is 0.387 e. The van der Waals surface area contributed by atoms with E-state index >= 15 is 0 Å². The molecule has 0 saturated carbocycles. The summed E-state index contributed by atoms with van der Waals surface area (Å²) in [6.45, 7) is 20.3. The zero-order chi connectivity index (χ0) is 12.1. The van der Waals surface area contributed by atoms with Gasteiger partial charge in [-0.3, -0.25) is 0 Å². The standard InChI is InChI=1S/C13H28N2/c1-11(13(5,6)7)15-9-8-14-10-12(2,3)4/h14-15H,1,8-10H2,2-7H3. The lowest BCUT2D eigenvalue weighted by atomic mass is 9.93. The summed E-state index contributed by atoms with van der Waals surface area (Å²) >= 11 is 0. The summed E-state index contributed by atoms with van der Waals surface area (Å²) in [5, 5.41) is 6.78. The topological polar surface area (TPSA) is 24.1 Å². The van der Waals surface area contributed by atoms with Gasteiger partial charge in [-0.15, -0.1) is 0 Å². The smallest absolute Gasteiger partial charge is 0.0269 e. The molecule has 0 saturated heterocycles. The normalized spacial score (nSPS) is 12.7. The van der Waals surface area contributed by atoms with E-state index in [1.807, 2.05) is 0 Å². The van der Waals surface area contributed by atoms with E-state index in [-0.39, 0.29) is 5.41 Å². The molecule has 2 N–H and O–H groups in total. The molecule has 0 atom stereocenters. The minimum Gasteiger partial charge on any atom is -0.387 e. The number of rotatable bonds is 5. The molecule has 90 valence electrons. The molecule has 0 bridgehead atoms. The van der Waals surface area contributed by atoms with E-state index in [9.17, 15) is 0 Å². The molecule has 0 heterocycles. The quantitative estimate of drug-likeness (QED) is 0.685. The SMILES string of the molecule is C=C(NCCNCC(C)(C)C)C(C)(C)C. The molecule has 0 aromatic carbocycles. The van der Waals surface area contributed by atoms with E-state index < -0.39 is 0 Å². The Morgan fingerprint density at radius 1 is 1.00 bits per heavy atom. The maximum absolute atomic E-state index is 4.03. The number of hydrogen-bond donors (Lipinski definition) is 2. The lowest BCUT2D eigenvalue weighted by Gasteiger charge is -2.24. The Morgan fingerprint density at radius 3 is 1.93 bits per heavy atom. The van der Waals surface area contributed by atoms with Crippen LogP contribution in [0.15, 0.2) is 12.3 Å². The van der Waals surface area contributed by atoms with Gasteiger partial charge in [-0.25, -0.2) is 0 Å². The summed E-state index contributed by atoms with van der Waals surface area (Å²) in [7, 11) is 0. The van der Waals surface area contributed by atoms with Crippen molar-refractivity contribution in [2.75, 3.05) is 19.6 Å². The molecule has 0 unspecified atom stereocenters. The maximum Gasteiger partial charge on any atom is 0.0269 e. The monoisotopic (exact) mass is 212 g/mol. The summed E-state index contributed by atoms with van der Waals surface area (Å²) in [4.78, 5) is 0. The van der Waals surface area contributed by atoms with Crippen LogP contribution in [0, 0.1) is 10.8 Å². The van der Waals surface area contributed by atoms with Crippen LogP contribution in [-0.2, 0) is 0 Å². The summed E-state index contributed by atoms with van der Waals surface area (Å²) < 4.78 is 0. The fourth-order valence-electron chi connectivity index (χ4n) is 1.03. The Hall–Kier alpha value is -0.500. The van der Waals surface area contributed by atoms with Gasteiger partial charge in [0.15, 0.2) is 0 Å². The maximum atomic E-state index is 4.03. The van der Waals surface area contributed by atoms with E-state index in [1.54, 1.807) is 0 Å². The fourth-order valence-corrected chi connectivity index (χ4v) is 1.03. The third-order valence-electron chi connectivity index (χ3n) is 2.20. The van der Waals surface area contributed by atoms with Gasteiger partial charge in [0.25, 0.3) is 0 Å². The second-order valence-electron chi connectivity index (χ2n) is 6.39. The number of hydrogen-bond acceptors (Lipinski definition) is 2. The molecule has 0 aromatic heterocycles. The van der Waals surface area contributed by atoms with Gasteiger partial charge in [0, 0.05) is 30.7 Å². The summed E-state index contributed by atoms with van der Waals surface area (Å²) in [6.07, 6.45) is 0. The first kappa shape index (κ1) is 14.5. The van der Waals surface area contributed by atoms with Crippen LogP contribution < -0.4 is 10.6 Å². The molecule has 0 aliphatic heterocycles. The zero-order valence-corrected chi connectivity index (χ0v) is 11.3. The molecule has 0 aliphatic carbocycles. The van der Waals surface area contributed by atoms with Crippen molar-refractivity contribution in [1.82, 2.24) is 10.6 Å². The molecule has 0 aliphatic rings. The lowest BCUT2D eigenvalue weighted by molar-refractivity contribution is 0.378. The van der Waals surface area contributed by atoms with Gasteiger partial charge in [0.05, 0.1) is 0 Å². The summed E-state index contributed by atoms with van der Waals surface area (Å²) in [6, 6.07) is 0. The van der Waals surface area contributed by atoms with Crippen molar-refractivity contribution in [2.45, 2.75) is 41.5 Å². The minimum absolute atomic E-state index is 0.157. The summed E-state index contributed by atoms with van der Waals surface area (Å²) in [5.74, 6) is 0. The fraction of sp³-hybridized carbons (Fsp3) is 0.846. The minimum atomic E-state index is 0.157. The Balaban J connectivity index is 3.53. The average Bonchev–Trinajstić information content (AvgIpc) is 1.99. The molecular weight excluding hydrogens is 184 g/mol. The highest BCUT2D eigenvalue weighted by molar-refractivity contribution is 5.02. The van der Waals surface area contributed by atoms with Crippen LogP contribution in [0.5, 0.6) is 0 Å². The van der Waals surface area contributed by atoms with Crippen LogP contribution in [0.1, 0.15) is 41.5 Å². The van der Waals surface area contributed by atoms with Crippen LogP contribution >= 0.6 is 0 Å². The zero-order valence-electron chi connectivity index (χ0n) is 11.3. The van der Waals surface area contributed by atoms with E-state index in [0.717, 1.165) is 25.3 Å². The molecule has 0 fully saturated rings. The number of allylic oxidation sites excluding steroid dienone is 1. The highest BCUT2D eigenvalue weighted by atomic mass is 15.0.